The predicted molar refractivity (Wildman–Crippen MR) is 67.5 cm³/mol. The van der Waals surface area contributed by atoms with E-state index in [1.54, 1.807) is 0 Å². The number of nitrogens with one attached hydrogen (secondary N) is 1. The standard InChI is InChI=1S/C11H18N4O3/c1-9(2)8-18-5-3-4-12-11-13-6-10(7-14-11)15(16)17/h6-7,9H,3-5,8H2,1-2H3,(H,12,13,14). The molecule has 18 heavy (non-hydrogen) atoms. The maximum atomic E-state index is 10.4. The van der Waals surface area contributed by atoms with Gasteiger partial charge in [-0.25, -0.2) is 9.97 Å². The molecule has 100 valence electrons. The van der Waals surface area contributed by atoms with Crippen molar-refractivity contribution in [1.82, 2.24) is 9.97 Å². The Morgan fingerprint density at radius 2 is 2.11 bits per heavy atom. The molecule has 0 atom stereocenters. The molecule has 0 aliphatic heterocycles. The third-order valence-corrected chi connectivity index (χ3v) is 2.05. The fourth-order valence-electron chi connectivity index (χ4n) is 1.20. The van der Waals surface area contributed by atoms with E-state index in [4.69, 9.17) is 4.74 Å². The van der Waals surface area contributed by atoms with E-state index in [-0.39, 0.29) is 5.69 Å². The highest BCUT2D eigenvalue weighted by Crippen LogP contribution is 2.07. The van der Waals surface area contributed by atoms with Crippen LogP contribution < -0.4 is 5.32 Å². The Bertz CT molecular complexity index is 367. The van der Waals surface area contributed by atoms with Crippen molar-refractivity contribution >= 4 is 11.6 Å². The van der Waals surface area contributed by atoms with Crippen LogP contribution in [0.15, 0.2) is 12.4 Å². The molecule has 7 nitrogen and oxygen atoms in total. The van der Waals surface area contributed by atoms with Crippen LogP contribution in [0.3, 0.4) is 0 Å². The second-order valence-corrected chi connectivity index (χ2v) is 4.27. The number of hydrogen-bond acceptors (Lipinski definition) is 6. The van der Waals surface area contributed by atoms with Gasteiger partial charge in [0.05, 0.1) is 4.92 Å². The van der Waals surface area contributed by atoms with Gasteiger partial charge in [0.2, 0.25) is 5.95 Å². The topological polar surface area (TPSA) is 90.2 Å². The highest BCUT2D eigenvalue weighted by Gasteiger charge is 2.05. The summed E-state index contributed by atoms with van der Waals surface area (Å²) in [5.41, 5.74) is -0.110. The van der Waals surface area contributed by atoms with Crippen molar-refractivity contribution in [1.29, 1.82) is 0 Å². The number of aromatic nitrogens is 2. The van der Waals surface area contributed by atoms with Crippen molar-refractivity contribution in [2.45, 2.75) is 20.3 Å². The van der Waals surface area contributed by atoms with Crippen LogP contribution in [0.2, 0.25) is 0 Å². The molecule has 0 aliphatic rings. The van der Waals surface area contributed by atoms with E-state index in [9.17, 15) is 10.1 Å². The number of nitrogens with zero attached hydrogens (tertiary/aromatic N) is 3. The Morgan fingerprint density at radius 1 is 1.44 bits per heavy atom. The van der Waals surface area contributed by atoms with Crippen LogP contribution >= 0.6 is 0 Å². The fourth-order valence-corrected chi connectivity index (χ4v) is 1.20. The zero-order valence-corrected chi connectivity index (χ0v) is 10.6. The van der Waals surface area contributed by atoms with E-state index in [0.717, 1.165) is 13.0 Å². The third kappa shape index (κ3) is 5.53. The zero-order chi connectivity index (χ0) is 13.4. The number of nitro groups is 1. The Labute approximate surface area is 106 Å². The van der Waals surface area contributed by atoms with Crippen molar-refractivity contribution in [2.24, 2.45) is 5.92 Å². The number of ether oxygens (including phenoxy) is 1. The summed E-state index contributed by atoms with van der Waals surface area (Å²) in [6, 6.07) is 0. The van der Waals surface area contributed by atoms with Gasteiger partial charge in [0, 0.05) is 19.8 Å². The Kier molecular flexibility index (Phi) is 5.99. The molecular formula is C11H18N4O3. The lowest BCUT2D eigenvalue weighted by molar-refractivity contribution is -0.385. The van der Waals surface area contributed by atoms with Gasteiger partial charge in [-0.2, -0.15) is 0 Å². The van der Waals surface area contributed by atoms with Gasteiger partial charge in [0.15, 0.2) is 0 Å². The molecule has 1 aromatic heterocycles. The first-order valence-corrected chi connectivity index (χ1v) is 5.87. The van der Waals surface area contributed by atoms with E-state index in [1.807, 2.05) is 0 Å². The molecule has 1 aromatic rings. The van der Waals surface area contributed by atoms with Crippen LogP contribution in [0.5, 0.6) is 0 Å². The SMILES string of the molecule is CC(C)COCCCNc1ncc([N+](=O)[O-])cn1. The number of rotatable bonds is 8. The first-order valence-electron chi connectivity index (χ1n) is 5.87. The molecule has 0 bridgehead atoms. The second-order valence-electron chi connectivity index (χ2n) is 4.27. The van der Waals surface area contributed by atoms with Crippen molar-refractivity contribution in [3.63, 3.8) is 0 Å². The Morgan fingerprint density at radius 3 is 2.67 bits per heavy atom. The number of hydrogen-bond donors (Lipinski definition) is 1. The lowest BCUT2D eigenvalue weighted by atomic mass is 10.2. The van der Waals surface area contributed by atoms with Crippen molar-refractivity contribution in [3.05, 3.63) is 22.5 Å². The smallest absolute Gasteiger partial charge is 0.305 e. The summed E-state index contributed by atoms with van der Waals surface area (Å²) >= 11 is 0. The maximum Gasteiger partial charge on any atom is 0.305 e. The highest BCUT2D eigenvalue weighted by molar-refractivity contribution is 5.30. The molecule has 0 fully saturated rings. The van der Waals surface area contributed by atoms with E-state index < -0.39 is 4.92 Å². The summed E-state index contributed by atoms with van der Waals surface area (Å²) in [5, 5.41) is 13.4. The van der Waals surface area contributed by atoms with Gasteiger partial charge in [-0.1, -0.05) is 13.8 Å². The van der Waals surface area contributed by atoms with Crippen LogP contribution in [-0.4, -0.2) is 34.6 Å². The summed E-state index contributed by atoms with van der Waals surface area (Å²) < 4.78 is 5.41. The molecule has 0 saturated carbocycles. The quantitative estimate of drug-likeness (QED) is 0.432. The highest BCUT2D eigenvalue weighted by atomic mass is 16.6. The minimum absolute atomic E-state index is 0.110. The molecule has 7 heteroatoms. The van der Waals surface area contributed by atoms with Gasteiger partial charge in [-0.15, -0.1) is 0 Å². The van der Waals surface area contributed by atoms with E-state index in [0.29, 0.717) is 25.0 Å². The van der Waals surface area contributed by atoms with Crippen LogP contribution in [-0.2, 0) is 4.74 Å². The minimum atomic E-state index is -0.524. The third-order valence-electron chi connectivity index (χ3n) is 2.05. The van der Waals surface area contributed by atoms with Crippen LogP contribution in [0.1, 0.15) is 20.3 Å². The van der Waals surface area contributed by atoms with Crippen molar-refractivity contribution < 1.29 is 9.66 Å². The average molecular weight is 254 g/mol. The lowest BCUT2D eigenvalue weighted by Gasteiger charge is -2.07. The lowest BCUT2D eigenvalue weighted by Crippen LogP contribution is -2.10. The van der Waals surface area contributed by atoms with E-state index in [1.165, 1.54) is 12.4 Å². The molecule has 1 rings (SSSR count). The maximum absolute atomic E-state index is 10.4. The molecule has 0 radical (unpaired) electrons. The summed E-state index contributed by atoms with van der Waals surface area (Å²) in [4.78, 5) is 17.5. The van der Waals surface area contributed by atoms with Gasteiger partial charge >= 0.3 is 5.69 Å². The molecule has 0 unspecified atom stereocenters. The normalized spacial score (nSPS) is 10.6. The Hall–Kier alpha value is -1.76. The molecular weight excluding hydrogens is 236 g/mol. The molecule has 1 heterocycles. The molecule has 0 aromatic carbocycles. The van der Waals surface area contributed by atoms with Crippen LogP contribution in [0.25, 0.3) is 0 Å². The van der Waals surface area contributed by atoms with Crippen LogP contribution in [0, 0.1) is 16.0 Å². The molecule has 0 amide bonds. The average Bonchev–Trinajstić information content (AvgIpc) is 2.34. The minimum Gasteiger partial charge on any atom is -0.381 e. The van der Waals surface area contributed by atoms with Crippen molar-refractivity contribution in [3.8, 4) is 0 Å². The number of anilines is 1. The summed E-state index contributed by atoms with van der Waals surface area (Å²) in [7, 11) is 0. The fraction of sp³-hybridized carbons (Fsp3) is 0.636. The Balaban J connectivity index is 2.17. The van der Waals surface area contributed by atoms with Crippen molar-refractivity contribution in [2.75, 3.05) is 25.1 Å². The zero-order valence-electron chi connectivity index (χ0n) is 10.6. The molecule has 0 saturated heterocycles. The monoisotopic (exact) mass is 254 g/mol. The molecule has 0 aliphatic carbocycles. The predicted octanol–water partition coefficient (Wildman–Crippen LogP) is 1.86. The van der Waals surface area contributed by atoms with Crippen LogP contribution in [0.4, 0.5) is 11.6 Å². The van der Waals surface area contributed by atoms with E-state index in [2.05, 4.69) is 29.1 Å². The largest absolute Gasteiger partial charge is 0.381 e. The molecule has 1 N–H and O–H groups in total. The van der Waals surface area contributed by atoms with Gasteiger partial charge < -0.3 is 10.1 Å². The molecule has 0 spiro atoms. The van der Waals surface area contributed by atoms with Gasteiger partial charge in [-0.05, 0) is 12.3 Å². The second kappa shape index (κ2) is 7.54. The summed E-state index contributed by atoms with van der Waals surface area (Å²) in [6.45, 7) is 6.31. The van der Waals surface area contributed by atoms with Gasteiger partial charge in [0.1, 0.15) is 12.4 Å². The first-order chi connectivity index (χ1) is 8.59. The van der Waals surface area contributed by atoms with Gasteiger partial charge in [0.25, 0.3) is 0 Å². The summed E-state index contributed by atoms with van der Waals surface area (Å²) in [5.74, 6) is 0.931. The summed E-state index contributed by atoms with van der Waals surface area (Å²) in [6.07, 6.45) is 3.21. The van der Waals surface area contributed by atoms with E-state index >= 15 is 0 Å². The van der Waals surface area contributed by atoms with Gasteiger partial charge in [-0.3, -0.25) is 10.1 Å². The first kappa shape index (κ1) is 14.3.